The summed E-state index contributed by atoms with van der Waals surface area (Å²) in [4.78, 5) is 26.9. The van der Waals surface area contributed by atoms with E-state index in [2.05, 4.69) is 21.2 Å². The molecule has 1 atom stereocenters. The van der Waals surface area contributed by atoms with Crippen LogP contribution in [-0.4, -0.2) is 42.5 Å². The predicted molar refractivity (Wildman–Crippen MR) is 114 cm³/mol. The summed E-state index contributed by atoms with van der Waals surface area (Å²) in [5.74, 6) is 0.257. The molecule has 0 saturated carbocycles. The summed E-state index contributed by atoms with van der Waals surface area (Å²) >= 11 is 3.37. The monoisotopic (exact) mass is 446 g/mol. The number of rotatable bonds is 10. The maximum absolute atomic E-state index is 12.8. The molecular weight excluding hydrogens is 420 g/mol. The van der Waals surface area contributed by atoms with Crippen molar-refractivity contribution in [1.82, 2.24) is 10.2 Å². The number of benzene rings is 2. The fourth-order valence-corrected chi connectivity index (χ4v) is 2.99. The Balaban J connectivity index is 2.03. The van der Waals surface area contributed by atoms with Crippen molar-refractivity contribution in [3.63, 3.8) is 0 Å². The topological polar surface area (TPSA) is 58.6 Å². The Labute approximate surface area is 175 Å². The molecule has 6 heteroatoms. The van der Waals surface area contributed by atoms with E-state index in [0.29, 0.717) is 25.3 Å². The van der Waals surface area contributed by atoms with Crippen LogP contribution in [0.25, 0.3) is 0 Å². The molecular formula is C22H27BrN2O3. The van der Waals surface area contributed by atoms with Crippen LogP contribution in [0.5, 0.6) is 5.75 Å². The first kappa shape index (κ1) is 22.0. The summed E-state index contributed by atoms with van der Waals surface area (Å²) in [7, 11) is 0. The molecule has 1 N–H and O–H groups in total. The van der Waals surface area contributed by atoms with E-state index in [1.807, 2.05) is 49.4 Å². The normalized spacial score (nSPS) is 11.5. The van der Waals surface area contributed by atoms with Crippen LogP contribution >= 0.6 is 15.9 Å². The number of ether oxygens (including phenoxy) is 1. The Hall–Kier alpha value is -2.34. The molecule has 0 radical (unpaired) electrons. The zero-order valence-corrected chi connectivity index (χ0v) is 17.9. The number of carbonyl (C=O) groups excluding carboxylic acids is 2. The molecule has 2 aromatic carbocycles. The molecule has 0 heterocycles. The van der Waals surface area contributed by atoms with Gasteiger partial charge in [0.1, 0.15) is 11.8 Å². The zero-order chi connectivity index (χ0) is 20.4. The molecule has 150 valence electrons. The first-order valence-corrected chi connectivity index (χ1v) is 10.3. The Morgan fingerprint density at radius 1 is 1.11 bits per heavy atom. The van der Waals surface area contributed by atoms with Crippen molar-refractivity contribution in [2.75, 3.05) is 19.7 Å². The minimum Gasteiger partial charge on any atom is -0.484 e. The van der Waals surface area contributed by atoms with Gasteiger partial charge in [-0.1, -0.05) is 53.2 Å². The number of amides is 2. The van der Waals surface area contributed by atoms with Gasteiger partial charge in [0.15, 0.2) is 6.61 Å². The minimum absolute atomic E-state index is 0.109. The van der Waals surface area contributed by atoms with Crippen molar-refractivity contribution in [2.24, 2.45) is 0 Å². The van der Waals surface area contributed by atoms with Crippen LogP contribution in [0.2, 0.25) is 0 Å². The number of nitrogens with zero attached hydrogens (tertiary/aromatic N) is 1. The lowest BCUT2D eigenvalue weighted by Gasteiger charge is -2.28. The maximum atomic E-state index is 12.8. The molecule has 0 fully saturated rings. The van der Waals surface area contributed by atoms with Gasteiger partial charge in [-0.15, -0.1) is 0 Å². The van der Waals surface area contributed by atoms with Gasteiger partial charge in [-0.05, 0) is 49.6 Å². The third-order valence-electron chi connectivity index (χ3n) is 4.38. The molecule has 1 unspecified atom stereocenters. The first-order valence-electron chi connectivity index (χ1n) is 9.50. The third-order valence-corrected chi connectivity index (χ3v) is 4.91. The molecule has 0 aliphatic carbocycles. The molecule has 0 bridgehead atoms. The van der Waals surface area contributed by atoms with Crippen molar-refractivity contribution < 1.29 is 14.3 Å². The smallest absolute Gasteiger partial charge is 0.261 e. The third kappa shape index (κ3) is 7.00. The lowest BCUT2D eigenvalue weighted by molar-refractivity contribution is -0.141. The van der Waals surface area contributed by atoms with Gasteiger partial charge in [-0.2, -0.15) is 0 Å². The summed E-state index contributed by atoms with van der Waals surface area (Å²) in [5.41, 5.74) is 1.12. The van der Waals surface area contributed by atoms with Gasteiger partial charge in [-0.3, -0.25) is 9.59 Å². The Morgan fingerprint density at radius 2 is 1.79 bits per heavy atom. The quantitative estimate of drug-likeness (QED) is 0.603. The number of hydrogen-bond donors (Lipinski definition) is 1. The van der Waals surface area contributed by atoms with E-state index in [1.54, 1.807) is 24.0 Å². The van der Waals surface area contributed by atoms with E-state index in [0.717, 1.165) is 16.5 Å². The SMILES string of the molecule is CCCNC(=O)C(C)N(CCc1ccccc1)C(=O)COc1ccc(Br)cc1. The van der Waals surface area contributed by atoms with E-state index in [9.17, 15) is 9.59 Å². The Kier molecular flexibility index (Phi) is 9.01. The predicted octanol–water partition coefficient (Wildman–Crippen LogP) is 3.81. The highest BCUT2D eigenvalue weighted by molar-refractivity contribution is 9.10. The highest BCUT2D eigenvalue weighted by atomic mass is 79.9. The lowest BCUT2D eigenvalue weighted by atomic mass is 10.1. The number of halogens is 1. The number of nitrogens with one attached hydrogen (secondary N) is 1. The van der Waals surface area contributed by atoms with Gasteiger partial charge in [0, 0.05) is 17.6 Å². The highest BCUT2D eigenvalue weighted by Gasteiger charge is 2.25. The van der Waals surface area contributed by atoms with Crippen LogP contribution in [0.3, 0.4) is 0 Å². The average Bonchev–Trinajstić information content (AvgIpc) is 2.72. The van der Waals surface area contributed by atoms with E-state index in [-0.39, 0.29) is 18.4 Å². The maximum Gasteiger partial charge on any atom is 0.261 e. The van der Waals surface area contributed by atoms with Crippen molar-refractivity contribution in [1.29, 1.82) is 0 Å². The summed E-state index contributed by atoms with van der Waals surface area (Å²) in [6, 6.07) is 16.7. The average molecular weight is 447 g/mol. The van der Waals surface area contributed by atoms with Crippen LogP contribution in [0.1, 0.15) is 25.8 Å². The molecule has 2 aromatic rings. The molecule has 2 rings (SSSR count). The molecule has 0 saturated heterocycles. The summed E-state index contributed by atoms with van der Waals surface area (Å²) in [5, 5.41) is 2.87. The van der Waals surface area contributed by atoms with Gasteiger partial charge >= 0.3 is 0 Å². The van der Waals surface area contributed by atoms with Gasteiger partial charge in [0.05, 0.1) is 0 Å². The fraction of sp³-hybridized carbons (Fsp3) is 0.364. The highest BCUT2D eigenvalue weighted by Crippen LogP contribution is 2.16. The van der Waals surface area contributed by atoms with Crippen molar-refractivity contribution in [2.45, 2.75) is 32.7 Å². The van der Waals surface area contributed by atoms with Crippen LogP contribution in [-0.2, 0) is 16.0 Å². The summed E-state index contributed by atoms with van der Waals surface area (Å²) in [6.07, 6.45) is 1.53. The number of carbonyl (C=O) groups is 2. The zero-order valence-electron chi connectivity index (χ0n) is 16.4. The van der Waals surface area contributed by atoms with Crippen molar-refractivity contribution in [3.05, 3.63) is 64.6 Å². The van der Waals surface area contributed by atoms with Crippen LogP contribution in [0.4, 0.5) is 0 Å². The summed E-state index contributed by atoms with van der Waals surface area (Å²) in [6.45, 7) is 4.69. The Morgan fingerprint density at radius 3 is 2.43 bits per heavy atom. The molecule has 0 aromatic heterocycles. The van der Waals surface area contributed by atoms with Crippen molar-refractivity contribution in [3.8, 4) is 5.75 Å². The van der Waals surface area contributed by atoms with Crippen LogP contribution in [0, 0.1) is 0 Å². The van der Waals surface area contributed by atoms with Gasteiger partial charge < -0.3 is 15.0 Å². The van der Waals surface area contributed by atoms with Gasteiger partial charge in [0.25, 0.3) is 5.91 Å². The molecule has 0 spiro atoms. The minimum atomic E-state index is -0.559. The largest absolute Gasteiger partial charge is 0.484 e. The standard InChI is InChI=1S/C22H27BrN2O3/c1-3-14-24-22(27)17(2)25(15-13-18-7-5-4-6-8-18)21(26)16-28-20-11-9-19(23)10-12-20/h4-12,17H,3,13-16H2,1-2H3,(H,24,27). The van der Waals surface area contributed by atoms with Gasteiger partial charge in [-0.25, -0.2) is 0 Å². The molecule has 28 heavy (non-hydrogen) atoms. The Bertz CT molecular complexity index is 750. The van der Waals surface area contributed by atoms with Gasteiger partial charge in [0.2, 0.25) is 5.91 Å². The van der Waals surface area contributed by atoms with Crippen molar-refractivity contribution >= 4 is 27.7 Å². The van der Waals surface area contributed by atoms with E-state index < -0.39 is 6.04 Å². The van der Waals surface area contributed by atoms with E-state index in [4.69, 9.17) is 4.74 Å². The molecule has 0 aliphatic rings. The lowest BCUT2D eigenvalue weighted by Crippen LogP contribution is -2.50. The number of hydrogen-bond acceptors (Lipinski definition) is 3. The molecule has 2 amide bonds. The second-order valence-corrected chi connectivity index (χ2v) is 7.45. The van der Waals surface area contributed by atoms with E-state index in [1.165, 1.54) is 0 Å². The first-order chi connectivity index (χ1) is 13.5. The fourth-order valence-electron chi connectivity index (χ4n) is 2.72. The second kappa shape index (κ2) is 11.5. The van der Waals surface area contributed by atoms with Crippen LogP contribution in [0.15, 0.2) is 59.1 Å². The van der Waals surface area contributed by atoms with Crippen LogP contribution < -0.4 is 10.1 Å². The molecule has 0 aliphatic heterocycles. The van der Waals surface area contributed by atoms with E-state index >= 15 is 0 Å². The second-order valence-electron chi connectivity index (χ2n) is 6.53. The molecule has 5 nitrogen and oxygen atoms in total. The summed E-state index contributed by atoms with van der Waals surface area (Å²) < 4.78 is 6.56.